The van der Waals surface area contributed by atoms with Crippen molar-refractivity contribution >= 4 is 49.4 Å². The number of fused-ring (bicyclic) bond motifs is 22. The van der Waals surface area contributed by atoms with Gasteiger partial charge in [0, 0.05) is 27.8 Å². The molecular weight excluding hydrogens is 891 g/mol. The van der Waals surface area contributed by atoms with Gasteiger partial charge in [0.1, 0.15) is 0 Å². The molecule has 1 spiro atoms. The number of nitrogens with zero attached hydrogens (tertiary/aromatic N) is 1. The van der Waals surface area contributed by atoms with Crippen molar-refractivity contribution in [2.45, 2.75) is 43.9 Å². The summed E-state index contributed by atoms with van der Waals surface area (Å²) >= 11 is 0. The average molecular weight is 942 g/mol. The van der Waals surface area contributed by atoms with E-state index in [1.165, 1.54) is 132 Å². The first-order valence-corrected chi connectivity index (χ1v) is 26.3. The Hall–Kier alpha value is -8.78. The van der Waals surface area contributed by atoms with Crippen molar-refractivity contribution < 1.29 is 0 Å². The molecule has 0 N–H and O–H groups in total. The van der Waals surface area contributed by atoms with Gasteiger partial charge in [-0.15, -0.1) is 0 Å². The van der Waals surface area contributed by atoms with Gasteiger partial charge in [0.25, 0.3) is 0 Å². The fourth-order valence-corrected chi connectivity index (χ4v) is 14.7. The first-order chi connectivity index (χ1) is 36.2. The number of rotatable bonds is 4. The smallest absolute Gasteiger partial charge is 0.0726 e. The summed E-state index contributed by atoms with van der Waals surface area (Å²) in [7, 11) is 0. The lowest BCUT2D eigenvalue weighted by Gasteiger charge is -2.34. The van der Waals surface area contributed by atoms with Crippen LogP contribution >= 0.6 is 0 Å². The second-order valence-electron chi connectivity index (χ2n) is 22.3. The van der Waals surface area contributed by atoms with Gasteiger partial charge in [-0.2, -0.15) is 0 Å². The van der Waals surface area contributed by atoms with Gasteiger partial charge in [-0.1, -0.05) is 222 Å². The van der Waals surface area contributed by atoms with E-state index in [4.69, 9.17) is 0 Å². The molecule has 0 atom stereocenters. The molecule has 0 aromatic heterocycles. The molecule has 0 amide bonds. The normalized spacial score (nSPS) is 15.1. The van der Waals surface area contributed by atoms with Crippen molar-refractivity contribution in [1.82, 2.24) is 0 Å². The largest absolute Gasteiger partial charge is 0.310 e. The maximum absolute atomic E-state index is 2.61. The molecule has 348 valence electrons. The van der Waals surface area contributed by atoms with Crippen LogP contribution in [0.25, 0.3) is 88.0 Å². The van der Waals surface area contributed by atoms with Crippen LogP contribution in [0.3, 0.4) is 0 Å². The second-order valence-corrected chi connectivity index (χ2v) is 22.3. The minimum atomic E-state index is -0.529. The fraction of sp³-hybridized carbons (Fsp3) is 0.0959. The van der Waals surface area contributed by atoms with Gasteiger partial charge in [-0.25, -0.2) is 0 Å². The quantitative estimate of drug-likeness (QED) is 0.159. The average Bonchev–Trinajstić information content (AvgIpc) is 4.08. The molecule has 12 aromatic rings. The predicted octanol–water partition coefficient (Wildman–Crippen LogP) is 19.2. The molecule has 0 bridgehead atoms. The topological polar surface area (TPSA) is 3.24 Å². The molecule has 0 saturated heterocycles. The monoisotopic (exact) mass is 941 g/mol. The third kappa shape index (κ3) is 5.28. The summed E-state index contributed by atoms with van der Waals surface area (Å²) in [5, 5.41) is 7.59. The summed E-state index contributed by atoms with van der Waals surface area (Å²) in [4.78, 5) is 2.61. The van der Waals surface area contributed by atoms with Crippen molar-refractivity contribution in [3.63, 3.8) is 0 Å². The van der Waals surface area contributed by atoms with Gasteiger partial charge in [0.2, 0.25) is 0 Å². The fourth-order valence-electron chi connectivity index (χ4n) is 14.7. The molecule has 0 heterocycles. The van der Waals surface area contributed by atoms with Crippen molar-refractivity contribution in [2.24, 2.45) is 0 Å². The van der Waals surface area contributed by atoms with E-state index in [0.29, 0.717) is 0 Å². The van der Waals surface area contributed by atoms with Gasteiger partial charge in [-0.3, -0.25) is 0 Å². The van der Waals surface area contributed by atoms with Crippen molar-refractivity contribution in [2.75, 3.05) is 4.90 Å². The molecule has 1 heteroatoms. The van der Waals surface area contributed by atoms with Crippen LogP contribution < -0.4 is 4.90 Å². The lowest BCUT2D eigenvalue weighted by atomic mass is 9.70. The highest BCUT2D eigenvalue weighted by Gasteiger charge is 2.52. The first-order valence-electron chi connectivity index (χ1n) is 26.3. The minimum Gasteiger partial charge on any atom is -0.310 e. The Kier molecular flexibility index (Phi) is 8.29. The van der Waals surface area contributed by atoms with Gasteiger partial charge in [0.15, 0.2) is 0 Å². The Morgan fingerprint density at radius 1 is 0.243 bits per heavy atom. The Morgan fingerprint density at radius 2 is 0.608 bits per heavy atom. The van der Waals surface area contributed by atoms with Crippen LogP contribution in [0.1, 0.15) is 72.2 Å². The lowest BCUT2D eigenvalue weighted by Crippen LogP contribution is -2.26. The Morgan fingerprint density at radius 3 is 1.15 bits per heavy atom. The maximum Gasteiger partial charge on any atom is 0.0726 e. The Labute approximate surface area is 432 Å². The van der Waals surface area contributed by atoms with Crippen molar-refractivity contribution in [3.05, 3.63) is 281 Å². The van der Waals surface area contributed by atoms with Crippen molar-refractivity contribution in [1.29, 1.82) is 0 Å². The molecule has 0 unspecified atom stereocenters. The van der Waals surface area contributed by atoms with E-state index in [1.807, 2.05) is 0 Å². The molecule has 12 aromatic carbocycles. The van der Waals surface area contributed by atoms with E-state index in [9.17, 15) is 0 Å². The van der Waals surface area contributed by atoms with Crippen molar-refractivity contribution in [3.8, 4) is 55.6 Å². The maximum atomic E-state index is 2.61. The molecule has 0 radical (unpaired) electrons. The van der Waals surface area contributed by atoms with Crippen LogP contribution in [-0.2, 0) is 16.2 Å². The van der Waals surface area contributed by atoms with Crippen LogP contribution in [-0.4, -0.2) is 0 Å². The Balaban J connectivity index is 1.05. The molecule has 1 nitrogen and oxygen atoms in total. The number of hydrogen-bond acceptors (Lipinski definition) is 1. The molecule has 0 fully saturated rings. The molecule has 0 aliphatic heterocycles. The predicted molar refractivity (Wildman–Crippen MR) is 311 cm³/mol. The number of anilines is 3. The van der Waals surface area contributed by atoms with E-state index in [1.54, 1.807) is 0 Å². The SMILES string of the molecule is CC1(C)c2ccccc2-c2cc(-c3cc4c(cc3N(c3ccc5c(c3)-c3ccccc3C5(C)C)c3ccc5c6ccccc6c6ccccc6c5c3)C3(c5ccccc5-c5ccccc53)c3ccccc3-4)ccc21. The van der Waals surface area contributed by atoms with E-state index in [0.717, 1.165) is 17.1 Å². The van der Waals surface area contributed by atoms with E-state index >= 15 is 0 Å². The molecular formula is C73H51N. The molecule has 4 aliphatic rings. The standard InChI is InChI=1S/C73H51N/c1-71(2)62-28-14-9-25-54(62)59-39-44(33-37-64(59)71)57-42-61-56-27-13-18-32-68(56)73(66-30-16-11-23-52(66)53-24-12-17-31-67(53)73)69(61)43-70(57)74(46-35-38-65-60(41-46)55-26-10-15-29-63(55)72(65,3)4)45-34-36-51-49-21-6-5-19-47(49)48-20-7-8-22-50(48)58(51)40-45/h5-43H,1-4H3. The van der Waals surface area contributed by atoms with Crippen LogP contribution in [0.2, 0.25) is 0 Å². The zero-order valence-corrected chi connectivity index (χ0v) is 42.0. The van der Waals surface area contributed by atoms with Crippen LogP contribution in [0, 0.1) is 0 Å². The molecule has 16 rings (SSSR count). The zero-order valence-electron chi connectivity index (χ0n) is 42.0. The summed E-state index contributed by atoms with van der Waals surface area (Å²) in [6, 6.07) is 90.7. The number of benzene rings is 12. The summed E-state index contributed by atoms with van der Waals surface area (Å²) < 4.78 is 0. The van der Waals surface area contributed by atoms with Gasteiger partial charge in [-0.05, 0) is 169 Å². The molecule has 74 heavy (non-hydrogen) atoms. The third-order valence-corrected chi connectivity index (χ3v) is 18.1. The summed E-state index contributed by atoms with van der Waals surface area (Å²) in [5.74, 6) is 0. The first kappa shape index (κ1) is 41.8. The van der Waals surface area contributed by atoms with Crippen LogP contribution in [0.4, 0.5) is 17.1 Å². The highest BCUT2D eigenvalue weighted by molar-refractivity contribution is 6.26. The highest BCUT2D eigenvalue weighted by Crippen LogP contribution is 2.65. The van der Waals surface area contributed by atoms with Gasteiger partial charge in [0.05, 0.1) is 11.1 Å². The van der Waals surface area contributed by atoms with Gasteiger partial charge < -0.3 is 4.90 Å². The van der Waals surface area contributed by atoms with Crippen LogP contribution in [0.15, 0.2) is 237 Å². The summed E-state index contributed by atoms with van der Waals surface area (Å²) in [6.07, 6.45) is 0. The molecule has 4 aliphatic carbocycles. The Bertz CT molecular complexity index is 4370. The van der Waals surface area contributed by atoms with Gasteiger partial charge >= 0.3 is 0 Å². The van der Waals surface area contributed by atoms with E-state index < -0.39 is 5.41 Å². The zero-order chi connectivity index (χ0) is 49.2. The second kappa shape index (κ2) is 14.7. The van der Waals surface area contributed by atoms with E-state index in [-0.39, 0.29) is 10.8 Å². The minimum absolute atomic E-state index is 0.113. The van der Waals surface area contributed by atoms with E-state index in [2.05, 4.69) is 269 Å². The third-order valence-electron chi connectivity index (χ3n) is 18.1. The van der Waals surface area contributed by atoms with Crippen LogP contribution in [0.5, 0.6) is 0 Å². The summed E-state index contributed by atoms with van der Waals surface area (Å²) in [6.45, 7) is 9.53. The molecule has 0 saturated carbocycles. The highest BCUT2D eigenvalue weighted by atomic mass is 15.1. The lowest BCUT2D eigenvalue weighted by molar-refractivity contribution is 0.660. The summed E-state index contributed by atoms with van der Waals surface area (Å²) in [5.41, 5.74) is 26.3. The number of hydrogen-bond donors (Lipinski definition) is 0.